The second kappa shape index (κ2) is 10.9. The van der Waals surface area contributed by atoms with Crippen molar-refractivity contribution in [3.8, 4) is 16.9 Å². The number of ether oxygens (including phenoxy) is 2. The number of esters is 1. The molecule has 0 unspecified atom stereocenters. The summed E-state index contributed by atoms with van der Waals surface area (Å²) in [6.07, 6.45) is -0.0327. The van der Waals surface area contributed by atoms with Gasteiger partial charge in [0, 0.05) is 23.6 Å². The van der Waals surface area contributed by atoms with E-state index in [1.807, 2.05) is 12.1 Å². The summed E-state index contributed by atoms with van der Waals surface area (Å²) in [5.74, 6) is -1.94. The van der Waals surface area contributed by atoms with Gasteiger partial charge in [0.05, 0.1) is 23.5 Å². The van der Waals surface area contributed by atoms with Gasteiger partial charge in [-0.25, -0.2) is 4.79 Å². The third-order valence-electron chi connectivity index (χ3n) is 5.74. The van der Waals surface area contributed by atoms with Crippen LogP contribution in [0.3, 0.4) is 0 Å². The number of carboxylic acid groups (broad SMARTS) is 1. The van der Waals surface area contributed by atoms with E-state index < -0.39 is 22.6 Å². The van der Waals surface area contributed by atoms with Gasteiger partial charge in [0.2, 0.25) is 11.3 Å². The highest BCUT2D eigenvalue weighted by Gasteiger charge is 2.27. The smallest absolute Gasteiger partial charge is 0.372 e. The Morgan fingerprint density at radius 1 is 1.08 bits per heavy atom. The van der Waals surface area contributed by atoms with Crippen LogP contribution in [0.2, 0.25) is 0 Å². The van der Waals surface area contributed by atoms with E-state index in [0.29, 0.717) is 22.4 Å². The SMILES string of the molecule is CCOC(=O)Cc1ccccc1OCc1c(C(=O)O)oc2c([N+](=O)[O-])cc(-c3cccc(CN)c3)cc12. The number of hydrogen-bond acceptors (Lipinski definition) is 8. The van der Waals surface area contributed by atoms with Crippen molar-refractivity contribution in [1.82, 2.24) is 0 Å². The Bertz CT molecular complexity index is 1490. The zero-order valence-corrected chi connectivity index (χ0v) is 19.9. The average Bonchev–Trinajstić information content (AvgIpc) is 3.26. The summed E-state index contributed by atoms with van der Waals surface area (Å²) in [6.45, 7) is 1.97. The molecule has 0 aliphatic carbocycles. The fraction of sp³-hybridized carbons (Fsp3) is 0.185. The minimum absolute atomic E-state index is 0.0327. The number of rotatable bonds is 10. The van der Waals surface area contributed by atoms with Gasteiger partial charge < -0.3 is 24.7 Å². The minimum atomic E-state index is -1.39. The zero-order valence-electron chi connectivity index (χ0n) is 19.9. The molecule has 190 valence electrons. The summed E-state index contributed by atoms with van der Waals surface area (Å²) in [5.41, 5.74) is 7.90. The molecule has 0 aliphatic heterocycles. The van der Waals surface area contributed by atoms with Gasteiger partial charge in [0.1, 0.15) is 12.4 Å². The monoisotopic (exact) mass is 504 g/mol. The molecule has 4 rings (SSSR count). The van der Waals surface area contributed by atoms with Crippen LogP contribution in [-0.2, 0) is 29.1 Å². The topological polar surface area (TPSA) is 155 Å². The van der Waals surface area contributed by atoms with Gasteiger partial charge >= 0.3 is 17.6 Å². The molecule has 0 aliphatic rings. The van der Waals surface area contributed by atoms with E-state index in [-0.39, 0.29) is 48.4 Å². The number of carbonyl (C=O) groups excluding carboxylic acids is 1. The van der Waals surface area contributed by atoms with Crippen LogP contribution >= 0.6 is 0 Å². The van der Waals surface area contributed by atoms with E-state index in [1.165, 1.54) is 6.07 Å². The molecule has 0 saturated heterocycles. The number of fused-ring (bicyclic) bond motifs is 1. The van der Waals surface area contributed by atoms with Crippen LogP contribution in [0.1, 0.15) is 34.2 Å². The number of nitrogens with two attached hydrogens (primary N) is 1. The zero-order chi connectivity index (χ0) is 26.5. The number of nitrogens with zero attached hydrogens (tertiary/aromatic N) is 1. The number of non-ortho nitro benzene ring substituents is 1. The molecule has 0 radical (unpaired) electrons. The molecule has 4 aromatic rings. The number of hydrogen-bond donors (Lipinski definition) is 2. The van der Waals surface area contributed by atoms with Crippen LogP contribution in [0.5, 0.6) is 5.75 Å². The van der Waals surface area contributed by atoms with Gasteiger partial charge in [0.15, 0.2) is 0 Å². The van der Waals surface area contributed by atoms with E-state index in [9.17, 15) is 24.8 Å². The average molecular weight is 504 g/mol. The summed E-state index contributed by atoms with van der Waals surface area (Å²) < 4.78 is 16.4. The van der Waals surface area contributed by atoms with E-state index in [0.717, 1.165) is 5.56 Å². The van der Waals surface area contributed by atoms with Crippen LogP contribution in [0.4, 0.5) is 5.69 Å². The van der Waals surface area contributed by atoms with Crippen LogP contribution in [0, 0.1) is 10.1 Å². The molecule has 3 aromatic carbocycles. The molecule has 0 amide bonds. The highest BCUT2D eigenvalue weighted by atomic mass is 16.6. The molecular formula is C27H24N2O8. The summed E-state index contributed by atoms with van der Waals surface area (Å²) in [7, 11) is 0. The van der Waals surface area contributed by atoms with E-state index in [4.69, 9.17) is 19.6 Å². The van der Waals surface area contributed by atoms with Gasteiger partial charge in [-0.1, -0.05) is 36.4 Å². The molecule has 0 bridgehead atoms. The number of para-hydroxylation sites is 1. The van der Waals surface area contributed by atoms with Gasteiger partial charge in [-0.3, -0.25) is 14.9 Å². The molecule has 0 atom stereocenters. The molecule has 10 nitrogen and oxygen atoms in total. The molecule has 3 N–H and O–H groups in total. The lowest BCUT2D eigenvalue weighted by Gasteiger charge is -2.11. The van der Waals surface area contributed by atoms with E-state index >= 15 is 0 Å². The molecule has 0 spiro atoms. The molecule has 1 aromatic heterocycles. The Balaban J connectivity index is 1.80. The van der Waals surface area contributed by atoms with Crippen molar-refractivity contribution >= 4 is 28.6 Å². The summed E-state index contributed by atoms with van der Waals surface area (Å²) >= 11 is 0. The lowest BCUT2D eigenvalue weighted by Crippen LogP contribution is -2.09. The minimum Gasteiger partial charge on any atom is -0.488 e. The number of aromatic carboxylic acids is 1. The standard InChI is InChI=1S/C27H24N2O8/c1-2-35-24(30)13-18-7-3-4-9-23(18)36-15-21-20-11-19(17-8-5-6-16(10-17)14-28)12-22(29(33)34)25(20)37-26(21)27(31)32/h3-12H,2,13-15,28H2,1H3,(H,31,32). The van der Waals surface area contributed by atoms with Crippen LogP contribution in [-0.4, -0.2) is 28.6 Å². The maximum Gasteiger partial charge on any atom is 0.372 e. The van der Waals surface area contributed by atoms with Crippen molar-refractivity contribution in [1.29, 1.82) is 0 Å². The molecule has 0 fully saturated rings. The molecule has 0 saturated carbocycles. The first-order valence-corrected chi connectivity index (χ1v) is 11.4. The highest BCUT2D eigenvalue weighted by molar-refractivity contribution is 6.00. The number of carboxylic acids is 1. The Labute approximate surface area is 211 Å². The highest BCUT2D eigenvalue weighted by Crippen LogP contribution is 2.38. The second-order valence-electron chi connectivity index (χ2n) is 8.13. The first kappa shape index (κ1) is 25.4. The Kier molecular flexibility index (Phi) is 7.49. The Morgan fingerprint density at radius 3 is 2.57 bits per heavy atom. The first-order chi connectivity index (χ1) is 17.8. The van der Waals surface area contributed by atoms with Gasteiger partial charge in [0.25, 0.3) is 0 Å². The third kappa shape index (κ3) is 5.44. The fourth-order valence-corrected chi connectivity index (χ4v) is 4.04. The van der Waals surface area contributed by atoms with Crippen molar-refractivity contribution in [2.24, 2.45) is 5.73 Å². The normalized spacial score (nSPS) is 10.9. The predicted molar refractivity (Wildman–Crippen MR) is 134 cm³/mol. The van der Waals surface area contributed by atoms with Gasteiger partial charge in [-0.2, -0.15) is 0 Å². The number of furan rings is 1. The lowest BCUT2D eigenvalue weighted by molar-refractivity contribution is -0.383. The van der Waals surface area contributed by atoms with Crippen LogP contribution in [0.15, 0.2) is 65.1 Å². The van der Waals surface area contributed by atoms with Crippen LogP contribution < -0.4 is 10.5 Å². The first-order valence-electron chi connectivity index (χ1n) is 11.4. The Morgan fingerprint density at radius 2 is 1.86 bits per heavy atom. The lowest BCUT2D eigenvalue weighted by atomic mass is 9.99. The maximum absolute atomic E-state index is 12.0. The van der Waals surface area contributed by atoms with Crippen molar-refractivity contribution < 1.29 is 33.5 Å². The van der Waals surface area contributed by atoms with Crippen molar-refractivity contribution in [2.45, 2.75) is 26.5 Å². The number of nitro groups is 1. The van der Waals surface area contributed by atoms with E-state index in [1.54, 1.807) is 49.4 Å². The second-order valence-corrected chi connectivity index (χ2v) is 8.13. The quantitative estimate of drug-likeness (QED) is 0.175. The van der Waals surface area contributed by atoms with Crippen molar-refractivity contribution in [3.05, 3.63) is 93.2 Å². The Hall–Kier alpha value is -4.70. The third-order valence-corrected chi connectivity index (χ3v) is 5.74. The summed E-state index contributed by atoms with van der Waals surface area (Å²) in [5, 5.41) is 21.9. The summed E-state index contributed by atoms with van der Waals surface area (Å²) in [4.78, 5) is 35.3. The fourth-order valence-electron chi connectivity index (χ4n) is 4.04. The van der Waals surface area contributed by atoms with Gasteiger partial charge in [-0.05, 0) is 41.8 Å². The number of nitro benzene ring substituents is 1. The van der Waals surface area contributed by atoms with Crippen molar-refractivity contribution in [2.75, 3.05) is 6.61 Å². The predicted octanol–water partition coefficient (Wildman–Crippen LogP) is 4.85. The molecule has 10 heteroatoms. The van der Waals surface area contributed by atoms with Gasteiger partial charge in [-0.15, -0.1) is 0 Å². The number of benzene rings is 3. The maximum atomic E-state index is 12.0. The summed E-state index contributed by atoms with van der Waals surface area (Å²) in [6, 6.07) is 17.0. The molecule has 1 heterocycles. The largest absolute Gasteiger partial charge is 0.488 e. The molecule has 37 heavy (non-hydrogen) atoms. The number of carbonyl (C=O) groups is 2. The molecular weight excluding hydrogens is 480 g/mol. The van der Waals surface area contributed by atoms with Crippen LogP contribution in [0.25, 0.3) is 22.1 Å². The van der Waals surface area contributed by atoms with E-state index in [2.05, 4.69) is 0 Å². The van der Waals surface area contributed by atoms with Crippen molar-refractivity contribution in [3.63, 3.8) is 0 Å².